The van der Waals surface area contributed by atoms with Crippen LogP contribution in [0.15, 0.2) is 4.99 Å². The molecule has 0 aromatic carbocycles. The first-order valence-corrected chi connectivity index (χ1v) is 9.03. The van der Waals surface area contributed by atoms with E-state index in [0.29, 0.717) is 5.92 Å². The van der Waals surface area contributed by atoms with E-state index in [4.69, 9.17) is 14.2 Å². The summed E-state index contributed by atoms with van der Waals surface area (Å²) >= 11 is 0. The van der Waals surface area contributed by atoms with Crippen molar-refractivity contribution in [1.82, 2.24) is 10.6 Å². The molecule has 0 spiro atoms. The van der Waals surface area contributed by atoms with E-state index in [0.717, 1.165) is 84.3 Å². The minimum atomic E-state index is 0.593. The number of hydrogen-bond donors (Lipinski definition) is 2. The fraction of sp³-hybridized carbons (Fsp3) is 0.941. The maximum absolute atomic E-state index is 5.69. The molecule has 2 N–H and O–H groups in total. The Labute approximate surface area is 141 Å². The Kier molecular flexibility index (Phi) is 12.9. The second-order valence-electron chi connectivity index (χ2n) is 5.90. The summed E-state index contributed by atoms with van der Waals surface area (Å²) in [6.07, 6.45) is 5.53. The monoisotopic (exact) mass is 329 g/mol. The van der Waals surface area contributed by atoms with Crippen molar-refractivity contribution in [2.45, 2.75) is 39.0 Å². The average molecular weight is 329 g/mol. The molecule has 0 radical (unpaired) electrons. The molecule has 23 heavy (non-hydrogen) atoms. The molecular weight excluding hydrogens is 294 g/mol. The third-order valence-electron chi connectivity index (χ3n) is 3.76. The van der Waals surface area contributed by atoms with Gasteiger partial charge in [-0.25, -0.2) is 0 Å². The lowest BCUT2D eigenvalue weighted by atomic mass is 10.1. The average Bonchev–Trinajstić information content (AvgIpc) is 3.07. The molecule has 1 aliphatic rings. The summed E-state index contributed by atoms with van der Waals surface area (Å²) in [6.45, 7) is 8.91. The molecule has 0 amide bonds. The van der Waals surface area contributed by atoms with E-state index < -0.39 is 0 Å². The zero-order valence-electron chi connectivity index (χ0n) is 14.9. The number of rotatable bonds is 13. The van der Waals surface area contributed by atoms with Gasteiger partial charge in [0.05, 0.1) is 13.2 Å². The molecule has 0 saturated carbocycles. The topological polar surface area (TPSA) is 64.1 Å². The standard InChI is InChI=1S/C17H35N3O3/c1-3-18-17(19-9-5-4-6-11-21-2)20-10-7-12-22-14-16-8-13-23-15-16/h16H,3-15H2,1-2H3,(H2,18,19,20). The van der Waals surface area contributed by atoms with E-state index in [2.05, 4.69) is 22.5 Å². The Morgan fingerprint density at radius 3 is 2.83 bits per heavy atom. The molecule has 1 unspecified atom stereocenters. The number of hydrogen-bond acceptors (Lipinski definition) is 4. The van der Waals surface area contributed by atoms with Crippen LogP contribution in [-0.2, 0) is 14.2 Å². The number of aliphatic imine (C=N–C) groups is 1. The SMILES string of the molecule is CCNC(=NCCCOCC1CCOC1)NCCCCCOC. The predicted molar refractivity (Wildman–Crippen MR) is 94.1 cm³/mol. The van der Waals surface area contributed by atoms with Gasteiger partial charge in [-0.1, -0.05) is 0 Å². The Morgan fingerprint density at radius 1 is 1.17 bits per heavy atom. The van der Waals surface area contributed by atoms with Gasteiger partial charge in [-0.3, -0.25) is 4.99 Å². The highest BCUT2D eigenvalue weighted by Crippen LogP contribution is 2.12. The van der Waals surface area contributed by atoms with Crippen LogP contribution in [0.2, 0.25) is 0 Å². The van der Waals surface area contributed by atoms with Crippen LogP contribution in [0.25, 0.3) is 0 Å². The zero-order valence-corrected chi connectivity index (χ0v) is 14.9. The molecular formula is C17H35N3O3. The number of unbranched alkanes of at least 4 members (excludes halogenated alkanes) is 2. The van der Waals surface area contributed by atoms with Crippen LogP contribution in [0.5, 0.6) is 0 Å². The molecule has 0 aromatic heterocycles. The highest BCUT2D eigenvalue weighted by atomic mass is 16.5. The quantitative estimate of drug-likeness (QED) is 0.306. The maximum Gasteiger partial charge on any atom is 0.191 e. The van der Waals surface area contributed by atoms with Crippen molar-refractivity contribution in [2.24, 2.45) is 10.9 Å². The number of nitrogens with one attached hydrogen (secondary N) is 2. The van der Waals surface area contributed by atoms with E-state index in [1.165, 1.54) is 6.42 Å². The first-order valence-electron chi connectivity index (χ1n) is 9.03. The molecule has 1 atom stereocenters. The Morgan fingerprint density at radius 2 is 2.09 bits per heavy atom. The van der Waals surface area contributed by atoms with Crippen LogP contribution < -0.4 is 10.6 Å². The van der Waals surface area contributed by atoms with Gasteiger partial charge in [-0.05, 0) is 39.0 Å². The van der Waals surface area contributed by atoms with Gasteiger partial charge in [-0.2, -0.15) is 0 Å². The van der Waals surface area contributed by atoms with Crippen LogP contribution >= 0.6 is 0 Å². The smallest absolute Gasteiger partial charge is 0.191 e. The number of guanidine groups is 1. The van der Waals surface area contributed by atoms with Gasteiger partial charge in [-0.15, -0.1) is 0 Å². The highest BCUT2D eigenvalue weighted by molar-refractivity contribution is 5.79. The molecule has 1 heterocycles. The van der Waals surface area contributed by atoms with Gasteiger partial charge in [0, 0.05) is 52.5 Å². The largest absolute Gasteiger partial charge is 0.385 e. The fourth-order valence-electron chi connectivity index (χ4n) is 2.42. The first-order chi connectivity index (χ1) is 11.4. The third-order valence-corrected chi connectivity index (χ3v) is 3.76. The van der Waals surface area contributed by atoms with Gasteiger partial charge in [0.15, 0.2) is 5.96 Å². The van der Waals surface area contributed by atoms with Crippen LogP contribution in [0.1, 0.15) is 39.0 Å². The van der Waals surface area contributed by atoms with Crippen molar-refractivity contribution in [3.05, 3.63) is 0 Å². The molecule has 6 heteroatoms. The molecule has 0 bridgehead atoms. The Bertz CT molecular complexity index is 295. The van der Waals surface area contributed by atoms with Gasteiger partial charge in [0.2, 0.25) is 0 Å². The van der Waals surface area contributed by atoms with Crippen molar-refractivity contribution in [2.75, 3.05) is 59.8 Å². The molecule has 1 fully saturated rings. The van der Waals surface area contributed by atoms with Crippen molar-refractivity contribution < 1.29 is 14.2 Å². The molecule has 6 nitrogen and oxygen atoms in total. The number of methoxy groups -OCH3 is 1. The van der Waals surface area contributed by atoms with Crippen molar-refractivity contribution in [1.29, 1.82) is 0 Å². The molecule has 1 aliphatic heterocycles. The summed E-state index contributed by atoms with van der Waals surface area (Å²) in [5.41, 5.74) is 0. The highest BCUT2D eigenvalue weighted by Gasteiger charge is 2.15. The summed E-state index contributed by atoms with van der Waals surface area (Å²) in [4.78, 5) is 4.58. The number of ether oxygens (including phenoxy) is 3. The van der Waals surface area contributed by atoms with Gasteiger partial charge in [0.1, 0.15) is 0 Å². The summed E-state index contributed by atoms with van der Waals surface area (Å²) in [6, 6.07) is 0. The second-order valence-corrected chi connectivity index (χ2v) is 5.90. The summed E-state index contributed by atoms with van der Waals surface area (Å²) in [7, 11) is 1.75. The van der Waals surface area contributed by atoms with Gasteiger partial charge < -0.3 is 24.8 Å². The van der Waals surface area contributed by atoms with Crippen LogP contribution in [0.3, 0.4) is 0 Å². The first kappa shape index (κ1) is 20.2. The van der Waals surface area contributed by atoms with E-state index in [1.807, 2.05) is 0 Å². The van der Waals surface area contributed by atoms with Crippen LogP contribution in [0, 0.1) is 5.92 Å². The second kappa shape index (κ2) is 14.7. The van der Waals surface area contributed by atoms with E-state index in [1.54, 1.807) is 7.11 Å². The van der Waals surface area contributed by atoms with E-state index >= 15 is 0 Å². The Hall–Kier alpha value is -0.850. The lowest BCUT2D eigenvalue weighted by Crippen LogP contribution is -2.37. The van der Waals surface area contributed by atoms with E-state index in [9.17, 15) is 0 Å². The molecule has 1 saturated heterocycles. The van der Waals surface area contributed by atoms with Crippen LogP contribution in [0.4, 0.5) is 0 Å². The normalized spacial score (nSPS) is 18.3. The summed E-state index contributed by atoms with van der Waals surface area (Å²) in [5, 5.41) is 6.65. The fourth-order valence-corrected chi connectivity index (χ4v) is 2.42. The predicted octanol–water partition coefficient (Wildman–Crippen LogP) is 1.80. The van der Waals surface area contributed by atoms with Crippen molar-refractivity contribution in [3.63, 3.8) is 0 Å². The van der Waals surface area contributed by atoms with Gasteiger partial charge in [0.25, 0.3) is 0 Å². The van der Waals surface area contributed by atoms with Crippen LogP contribution in [-0.4, -0.2) is 65.7 Å². The van der Waals surface area contributed by atoms with E-state index in [-0.39, 0.29) is 0 Å². The molecule has 136 valence electrons. The lowest BCUT2D eigenvalue weighted by Gasteiger charge is -2.11. The third kappa shape index (κ3) is 11.3. The van der Waals surface area contributed by atoms with Crippen molar-refractivity contribution >= 4 is 5.96 Å². The maximum atomic E-state index is 5.69. The molecule has 0 aromatic rings. The van der Waals surface area contributed by atoms with Crippen molar-refractivity contribution in [3.8, 4) is 0 Å². The lowest BCUT2D eigenvalue weighted by molar-refractivity contribution is 0.0893. The zero-order chi connectivity index (χ0) is 16.6. The summed E-state index contributed by atoms with van der Waals surface area (Å²) < 4.78 is 16.1. The minimum Gasteiger partial charge on any atom is -0.385 e. The molecule has 0 aliphatic carbocycles. The van der Waals surface area contributed by atoms with Gasteiger partial charge >= 0.3 is 0 Å². The number of nitrogens with zero attached hydrogens (tertiary/aromatic N) is 1. The minimum absolute atomic E-state index is 0.593. The summed E-state index contributed by atoms with van der Waals surface area (Å²) in [5.74, 6) is 1.50. The Balaban J connectivity index is 2.01. The molecule has 1 rings (SSSR count).